The monoisotopic (exact) mass is 231 g/mol. The Hall–Kier alpha value is 0.310. The molecule has 92 valence electrons. The van der Waals surface area contributed by atoms with Crippen molar-refractivity contribution in [1.29, 1.82) is 0 Å². The molecule has 0 bridgehead atoms. The summed E-state index contributed by atoms with van der Waals surface area (Å²) in [6.45, 7) is 11.6. The SMILES string of the molecule is CSCCCC(C)C(C)CNCC(C)C. The molecule has 0 fully saturated rings. The van der Waals surface area contributed by atoms with Gasteiger partial charge in [-0.25, -0.2) is 0 Å². The topological polar surface area (TPSA) is 12.0 Å². The Morgan fingerprint density at radius 3 is 2.20 bits per heavy atom. The summed E-state index contributed by atoms with van der Waals surface area (Å²) < 4.78 is 0. The average Bonchev–Trinajstić information content (AvgIpc) is 2.17. The lowest BCUT2D eigenvalue weighted by atomic mass is 9.92. The molecule has 1 N–H and O–H groups in total. The van der Waals surface area contributed by atoms with Gasteiger partial charge in [0.25, 0.3) is 0 Å². The molecule has 0 aromatic heterocycles. The molecule has 1 nitrogen and oxygen atoms in total. The largest absolute Gasteiger partial charge is 0.316 e. The lowest BCUT2D eigenvalue weighted by molar-refractivity contribution is 0.340. The van der Waals surface area contributed by atoms with Gasteiger partial charge in [-0.2, -0.15) is 11.8 Å². The van der Waals surface area contributed by atoms with Gasteiger partial charge in [0.15, 0.2) is 0 Å². The van der Waals surface area contributed by atoms with Crippen LogP contribution in [0.3, 0.4) is 0 Å². The first-order valence-corrected chi connectivity index (χ1v) is 7.67. The molecule has 0 aliphatic carbocycles. The number of rotatable bonds is 9. The molecule has 0 aliphatic rings. The van der Waals surface area contributed by atoms with Crippen LogP contribution in [-0.4, -0.2) is 25.1 Å². The summed E-state index contributed by atoms with van der Waals surface area (Å²) in [6, 6.07) is 0. The molecule has 0 aromatic rings. The summed E-state index contributed by atoms with van der Waals surface area (Å²) in [5.74, 6) is 3.75. The van der Waals surface area contributed by atoms with Crippen LogP contribution in [-0.2, 0) is 0 Å². The minimum absolute atomic E-state index is 0.768. The minimum atomic E-state index is 0.768. The molecule has 0 heterocycles. The zero-order chi connectivity index (χ0) is 11.7. The van der Waals surface area contributed by atoms with Crippen molar-refractivity contribution in [2.75, 3.05) is 25.1 Å². The van der Waals surface area contributed by atoms with E-state index >= 15 is 0 Å². The van der Waals surface area contributed by atoms with Crippen LogP contribution >= 0.6 is 11.8 Å². The molecule has 0 aliphatic heterocycles. The first kappa shape index (κ1) is 15.3. The quantitative estimate of drug-likeness (QED) is 0.608. The van der Waals surface area contributed by atoms with Crippen molar-refractivity contribution in [3.05, 3.63) is 0 Å². The fourth-order valence-electron chi connectivity index (χ4n) is 1.64. The van der Waals surface area contributed by atoms with E-state index in [1.54, 1.807) is 0 Å². The predicted octanol–water partition coefficient (Wildman–Crippen LogP) is 3.65. The average molecular weight is 231 g/mol. The number of hydrogen-bond donors (Lipinski definition) is 1. The summed E-state index contributed by atoms with van der Waals surface area (Å²) in [6.07, 6.45) is 4.94. The highest BCUT2D eigenvalue weighted by molar-refractivity contribution is 7.98. The number of nitrogens with one attached hydrogen (secondary N) is 1. The normalized spacial score (nSPS) is 15.6. The lowest BCUT2D eigenvalue weighted by Gasteiger charge is -2.20. The molecule has 0 radical (unpaired) electrons. The van der Waals surface area contributed by atoms with Crippen molar-refractivity contribution in [2.24, 2.45) is 17.8 Å². The highest BCUT2D eigenvalue weighted by atomic mass is 32.2. The van der Waals surface area contributed by atoms with E-state index < -0.39 is 0 Å². The van der Waals surface area contributed by atoms with E-state index in [2.05, 4.69) is 39.3 Å². The van der Waals surface area contributed by atoms with Crippen molar-refractivity contribution in [3.8, 4) is 0 Å². The van der Waals surface area contributed by atoms with Crippen LogP contribution < -0.4 is 5.32 Å². The van der Waals surface area contributed by atoms with E-state index in [4.69, 9.17) is 0 Å². The zero-order valence-electron chi connectivity index (χ0n) is 11.2. The van der Waals surface area contributed by atoms with Crippen molar-refractivity contribution >= 4 is 11.8 Å². The van der Waals surface area contributed by atoms with E-state index in [9.17, 15) is 0 Å². The van der Waals surface area contributed by atoms with Gasteiger partial charge in [-0.05, 0) is 55.7 Å². The Bertz CT molecular complexity index is 136. The molecular formula is C13H29NS. The van der Waals surface area contributed by atoms with Crippen molar-refractivity contribution in [2.45, 2.75) is 40.5 Å². The van der Waals surface area contributed by atoms with Crippen LogP contribution in [0.1, 0.15) is 40.5 Å². The second-order valence-corrected chi connectivity index (χ2v) is 6.13. The van der Waals surface area contributed by atoms with Crippen LogP contribution in [0.15, 0.2) is 0 Å². The van der Waals surface area contributed by atoms with Crippen LogP contribution in [0, 0.1) is 17.8 Å². The number of hydrogen-bond acceptors (Lipinski definition) is 2. The third-order valence-corrected chi connectivity index (χ3v) is 3.70. The van der Waals surface area contributed by atoms with E-state index in [0.29, 0.717) is 0 Å². The molecule has 2 unspecified atom stereocenters. The van der Waals surface area contributed by atoms with E-state index in [1.807, 2.05) is 11.8 Å². The maximum absolute atomic E-state index is 3.55. The lowest BCUT2D eigenvalue weighted by Crippen LogP contribution is -2.28. The highest BCUT2D eigenvalue weighted by Crippen LogP contribution is 2.17. The maximum Gasteiger partial charge on any atom is -0.00205 e. The summed E-state index contributed by atoms with van der Waals surface area (Å²) >= 11 is 1.96. The third kappa shape index (κ3) is 9.25. The van der Waals surface area contributed by atoms with Gasteiger partial charge in [0.05, 0.1) is 0 Å². The fraction of sp³-hybridized carbons (Fsp3) is 1.00. The molecule has 0 saturated carbocycles. The Kier molecular flexibility index (Phi) is 9.73. The van der Waals surface area contributed by atoms with E-state index in [1.165, 1.54) is 25.1 Å². The van der Waals surface area contributed by atoms with Crippen LogP contribution in [0.4, 0.5) is 0 Å². The van der Waals surface area contributed by atoms with Crippen molar-refractivity contribution < 1.29 is 0 Å². The summed E-state index contributed by atoms with van der Waals surface area (Å²) in [5.41, 5.74) is 0. The van der Waals surface area contributed by atoms with Gasteiger partial charge in [0, 0.05) is 0 Å². The van der Waals surface area contributed by atoms with Gasteiger partial charge >= 0.3 is 0 Å². The van der Waals surface area contributed by atoms with Crippen LogP contribution in [0.2, 0.25) is 0 Å². The van der Waals surface area contributed by atoms with Gasteiger partial charge in [0.2, 0.25) is 0 Å². The molecule has 2 atom stereocenters. The molecule has 15 heavy (non-hydrogen) atoms. The zero-order valence-corrected chi connectivity index (χ0v) is 12.0. The second-order valence-electron chi connectivity index (χ2n) is 5.14. The molecule has 0 aromatic carbocycles. The minimum Gasteiger partial charge on any atom is -0.316 e. The van der Waals surface area contributed by atoms with Gasteiger partial charge in [-0.3, -0.25) is 0 Å². The van der Waals surface area contributed by atoms with E-state index in [-0.39, 0.29) is 0 Å². The van der Waals surface area contributed by atoms with Crippen molar-refractivity contribution in [3.63, 3.8) is 0 Å². The maximum atomic E-state index is 3.55. The number of thioether (sulfide) groups is 1. The van der Waals surface area contributed by atoms with Gasteiger partial charge in [0.1, 0.15) is 0 Å². The van der Waals surface area contributed by atoms with Gasteiger partial charge < -0.3 is 5.32 Å². The third-order valence-electron chi connectivity index (χ3n) is 3.00. The smallest absolute Gasteiger partial charge is 0.00205 e. The first-order valence-electron chi connectivity index (χ1n) is 6.27. The molecule has 0 rings (SSSR count). The summed E-state index contributed by atoms with van der Waals surface area (Å²) in [5, 5.41) is 3.55. The van der Waals surface area contributed by atoms with Crippen LogP contribution in [0.25, 0.3) is 0 Å². The Balaban J connectivity index is 3.46. The standard InChI is InChI=1S/C13H29NS/c1-11(2)9-14-10-13(4)12(3)7-6-8-15-5/h11-14H,6-10H2,1-5H3. The second kappa shape index (κ2) is 9.53. The predicted molar refractivity (Wildman–Crippen MR) is 73.7 cm³/mol. The first-order chi connectivity index (χ1) is 7.07. The summed E-state index contributed by atoms with van der Waals surface area (Å²) in [7, 11) is 0. The van der Waals surface area contributed by atoms with Crippen LogP contribution in [0.5, 0.6) is 0 Å². The Morgan fingerprint density at radius 1 is 1.00 bits per heavy atom. The molecule has 2 heteroatoms. The van der Waals surface area contributed by atoms with E-state index in [0.717, 1.165) is 24.3 Å². The molecular weight excluding hydrogens is 202 g/mol. The molecule has 0 spiro atoms. The molecule has 0 saturated heterocycles. The van der Waals surface area contributed by atoms with Crippen molar-refractivity contribution in [1.82, 2.24) is 5.32 Å². The highest BCUT2D eigenvalue weighted by Gasteiger charge is 2.11. The Labute approximate surface area is 101 Å². The fourth-order valence-corrected chi connectivity index (χ4v) is 2.09. The Morgan fingerprint density at radius 2 is 1.67 bits per heavy atom. The molecule has 0 amide bonds. The summed E-state index contributed by atoms with van der Waals surface area (Å²) in [4.78, 5) is 0. The van der Waals surface area contributed by atoms with Gasteiger partial charge in [-0.15, -0.1) is 0 Å². The van der Waals surface area contributed by atoms with Gasteiger partial charge in [-0.1, -0.05) is 27.7 Å².